The summed E-state index contributed by atoms with van der Waals surface area (Å²) < 4.78 is 16.9. The van der Waals surface area contributed by atoms with Crippen molar-refractivity contribution in [2.24, 2.45) is 0 Å². The fourth-order valence-electron chi connectivity index (χ4n) is 5.17. The number of amides is 1. The molecule has 3 aromatic rings. The lowest BCUT2D eigenvalue weighted by Gasteiger charge is -2.39. The number of methoxy groups -OCH3 is 3. The number of aryl methyl sites for hydroxylation is 1. The van der Waals surface area contributed by atoms with Crippen molar-refractivity contribution in [2.45, 2.75) is 39.3 Å². The lowest BCUT2D eigenvalue weighted by molar-refractivity contribution is -0.122. The standard InChI is InChI=1S/C26H29NO5/c1-14-10-21(31-5)26-17(8-7-9-20(26)30-4)23(14)25-18-11-15(2)27(13-28)16(3)24(18)22(32-6)12-19(25)29/h7-10,12-13,15-16,29H,11H2,1-6H3. The van der Waals surface area contributed by atoms with Crippen LogP contribution in [0.4, 0.5) is 0 Å². The second kappa shape index (κ2) is 8.26. The van der Waals surface area contributed by atoms with Crippen LogP contribution in [-0.2, 0) is 11.2 Å². The summed E-state index contributed by atoms with van der Waals surface area (Å²) in [6.45, 7) is 6.03. The van der Waals surface area contributed by atoms with Crippen LogP contribution >= 0.6 is 0 Å². The number of carbonyl (C=O) groups is 1. The van der Waals surface area contributed by atoms with Crippen LogP contribution < -0.4 is 14.2 Å². The second-order valence-corrected chi connectivity index (χ2v) is 8.30. The van der Waals surface area contributed by atoms with Crippen LogP contribution in [0.3, 0.4) is 0 Å². The molecule has 0 aromatic heterocycles. The van der Waals surface area contributed by atoms with Crippen molar-refractivity contribution < 1.29 is 24.1 Å². The van der Waals surface area contributed by atoms with Crippen molar-refractivity contribution in [3.8, 4) is 34.1 Å². The van der Waals surface area contributed by atoms with Crippen molar-refractivity contribution in [3.63, 3.8) is 0 Å². The molecule has 0 fully saturated rings. The molecule has 1 heterocycles. The Morgan fingerprint density at radius 1 is 1.00 bits per heavy atom. The van der Waals surface area contributed by atoms with E-state index in [1.807, 2.05) is 45.0 Å². The number of benzene rings is 3. The third-order valence-electron chi connectivity index (χ3n) is 6.61. The largest absolute Gasteiger partial charge is 0.507 e. The molecule has 1 aliphatic rings. The lowest BCUT2D eigenvalue weighted by Crippen LogP contribution is -2.40. The number of aromatic hydroxyl groups is 1. The predicted octanol–water partition coefficient (Wildman–Crippen LogP) is 5.01. The van der Waals surface area contributed by atoms with Crippen molar-refractivity contribution in [1.82, 2.24) is 4.90 Å². The van der Waals surface area contributed by atoms with Crippen LogP contribution in [0.25, 0.3) is 21.9 Å². The van der Waals surface area contributed by atoms with E-state index in [0.29, 0.717) is 17.9 Å². The van der Waals surface area contributed by atoms with E-state index in [1.54, 1.807) is 32.3 Å². The number of nitrogens with zero attached hydrogens (tertiary/aromatic N) is 1. The summed E-state index contributed by atoms with van der Waals surface area (Å²) in [5.41, 5.74) is 4.59. The zero-order valence-corrected chi connectivity index (χ0v) is 19.4. The molecule has 1 amide bonds. The quantitative estimate of drug-likeness (QED) is 0.571. The van der Waals surface area contributed by atoms with Crippen LogP contribution in [0.5, 0.6) is 23.0 Å². The van der Waals surface area contributed by atoms with Gasteiger partial charge in [-0.1, -0.05) is 12.1 Å². The molecule has 0 spiro atoms. The van der Waals surface area contributed by atoms with Gasteiger partial charge in [0.2, 0.25) is 6.41 Å². The Morgan fingerprint density at radius 3 is 2.31 bits per heavy atom. The number of phenols is 1. The molecule has 3 aromatic carbocycles. The molecule has 0 aliphatic carbocycles. The van der Waals surface area contributed by atoms with Crippen molar-refractivity contribution in [2.75, 3.05) is 21.3 Å². The highest BCUT2D eigenvalue weighted by Crippen LogP contribution is 2.51. The maximum atomic E-state index is 11.8. The van der Waals surface area contributed by atoms with Gasteiger partial charge in [-0.25, -0.2) is 0 Å². The second-order valence-electron chi connectivity index (χ2n) is 8.30. The number of phenolic OH excluding ortho intramolecular Hbond substituents is 1. The number of hydrogen-bond donors (Lipinski definition) is 1. The molecular formula is C26H29NO5. The van der Waals surface area contributed by atoms with Gasteiger partial charge in [-0.15, -0.1) is 0 Å². The van der Waals surface area contributed by atoms with E-state index >= 15 is 0 Å². The Hall–Kier alpha value is -3.41. The molecule has 32 heavy (non-hydrogen) atoms. The fourth-order valence-corrected chi connectivity index (χ4v) is 5.17. The van der Waals surface area contributed by atoms with Gasteiger partial charge in [0.1, 0.15) is 23.0 Å². The summed E-state index contributed by atoms with van der Waals surface area (Å²) in [5, 5.41) is 13.0. The molecule has 168 valence electrons. The summed E-state index contributed by atoms with van der Waals surface area (Å²) in [4.78, 5) is 13.6. The van der Waals surface area contributed by atoms with Gasteiger partial charge in [0.15, 0.2) is 0 Å². The van der Waals surface area contributed by atoms with E-state index < -0.39 is 0 Å². The van der Waals surface area contributed by atoms with Crippen LogP contribution in [0, 0.1) is 6.92 Å². The number of carbonyl (C=O) groups excluding carboxylic acids is 1. The van der Waals surface area contributed by atoms with Crippen LogP contribution in [0.2, 0.25) is 0 Å². The molecule has 2 unspecified atom stereocenters. The van der Waals surface area contributed by atoms with E-state index in [1.165, 1.54) is 0 Å². The minimum absolute atomic E-state index is 0.0142. The fraction of sp³-hybridized carbons (Fsp3) is 0.346. The molecule has 1 N–H and O–H groups in total. The molecule has 2 atom stereocenters. The van der Waals surface area contributed by atoms with Gasteiger partial charge in [0.05, 0.1) is 32.8 Å². The summed E-state index contributed by atoms with van der Waals surface area (Å²) >= 11 is 0. The predicted molar refractivity (Wildman–Crippen MR) is 125 cm³/mol. The summed E-state index contributed by atoms with van der Waals surface area (Å²) in [6, 6.07) is 9.30. The highest BCUT2D eigenvalue weighted by molar-refractivity contribution is 6.06. The van der Waals surface area contributed by atoms with E-state index in [9.17, 15) is 9.90 Å². The maximum absolute atomic E-state index is 11.8. The third-order valence-corrected chi connectivity index (χ3v) is 6.61. The van der Waals surface area contributed by atoms with Crippen LogP contribution in [0.15, 0.2) is 30.3 Å². The highest BCUT2D eigenvalue weighted by atomic mass is 16.5. The van der Waals surface area contributed by atoms with Crippen LogP contribution in [-0.4, -0.2) is 43.8 Å². The maximum Gasteiger partial charge on any atom is 0.210 e. The Balaban J connectivity index is 2.14. The first-order valence-electron chi connectivity index (χ1n) is 10.7. The minimum atomic E-state index is -0.181. The molecule has 0 radical (unpaired) electrons. The molecule has 0 saturated heterocycles. The lowest BCUT2D eigenvalue weighted by atomic mass is 9.81. The zero-order chi connectivity index (χ0) is 23.2. The summed E-state index contributed by atoms with van der Waals surface area (Å²) in [5.74, 6) is 2.16. The number of hydrogen-bond acceptors (Lipinski definition) is 5. The molecule has 6 nitrogen and oxygen atoms in total. The van der Waals surface area contributed by atoms with Crippen molar-refractivity contribution in [3.05, 3.63) is 47.0 Å². The molecule has 0 bridgehead atoms. The van der Waals surface area contributed by atoms with E-state index in [-0.39, 0.29) is 17.8 Å². The van der Waals surface area contributed by atoms with Crippen molar-refractivity contribution >= 4 is 17.2 Å². The first-order chi connectivity index (χ1) is 15.4. The average molecular weight is 436 g/mol. The van der Waals surface area contributed by atoms with Crippen molar-refractivity contribution in [1.29, 1.82) is 0 Å². The molecule has 1 aliphatic heterocycles. The Morgan fingerprint density at radius 2 is 1.69 bits per heavy atom. The van der Waals surface area contributed by atoms with Gasteiger partial charge >= 0.3 is 0 Å². The van der Waals surface area contributed by atoms with Crippen LogP contribution in [0.1, 0.15) is 36.6 Å². The van der Waals surface area contributed by atoms with E-state index in [0.717, 1.165) is 50.7 Å². The molecule has 0 saturated carbocycles. The Kier molecular flexibility index (Phi) is 5.63. The Labute approximate surface area is 188 Å². The number of rotatable bonds is 5. The van der Waals surface area contributed by atoms with Gasteiger partial charge < -0.3 is 24.2 Å². The van der Waals surface area contributed by atoms with Gasteiger partial charge in [-0.05, 0) is 61.4 Å². The molecule has 6 heteroatoms. The summed E-state index contributed by atoms with van der Waals surface area (Å²) in [7, 11) is 4.87. The monoisotopic (exact) mass is 435 g/mol. The smallest absolute Gasteiger partial charge is 0.210 e. The van der Waals surface area contributed by atoms with E-state index in [4.69, 9.17) is 14.2 Å². The van der Waals surface area contributed by atoms with Gasteiger partial charge in [0.25, 0.3) is 0 Å². The Bertz CT molecular complexity index is 1200. The third kappa shape index (κ3) is 3.13. The number of fused-ring (bicyclic) bond motifs is 2. The van der Waals surface area contributed by atoms with E-state index in [2.05, 4.69) is 0 Å². The SMILES string of the molecule is COc1cc(O)c(-c2c(C)cc(OC)c3c(OC)cccc23)c2c1C(C)N(C=O)C(C)C2. The molecule has 4 rings (SSSR count). The van der Waals surface area contributed by atoms with Gasteiger partial charge in [-0.2, -0.15) is 0 Å². The minimum Gasteiger partial charge on any atom is -0.507 e. The van der Waals surface area contributed by atoms with Gasteiger partial charge in [-0.3, -0.25) is 4.79 Å². The van der Waals surface area contributed by atoms with Gasteiger partial charge in [0, 0.05) is 23.2 Å². The topological polar surface area (TPSA) is 68.2 Å². The first kappa shape index (κ1) is 21.8. The molecular weight excluding hydrogens is 406 g/mol. The summed E-state index contributed by atoms with van der Waals surface area (Å²) in [6.07, 6.45) is 1.50. The highest BCUT2D eigenvalue weighted by Gasteiger charge is 2.35. The normalized spacial score (nSPS) is 17.8. The average Bonchev–Trinajstić information content (AvgIpc) is 2.78. The number of ether oxygens (including phenoxy) is 3. The zero-order valence-electron chi connectivity index (χ0n) is 19.4. The first-order valence-corrected chi connectivity index (χ1v) is 10.7.